The van der Waals surface area contributed by atoms with Crippen molar-refractivity contribution >= 4 is 47.1 Å². The fourth-order valence-corrected chi connectivity index (χ4v) is 15.2. The summed E-state index contributed by atoms with van der Waals surface area (Å²) in [5.74, 6) is -8.54. The molecule has 0 spiro atoms. The molecule has 516 valence electrons. The highest BCUT2D eigenvalue weighted by molar-refractivity contribution is 6.31. The maximum atomic E-state index is 14.9. The molecule has 2 bridgehead atoms. The van der Waals surface area contributed by atoms with Gasteiger partial charge in [0.2, 0.25) is 5.78 Å². The third kappa shape index (κ3) is 11.9. The van der Waals surface area contributed by atoms with Crippen molar-refractivity contribution < 1.29 is 117 Å². The summed E-state index contributed by atoms with van der Waals surface area (Å²) in [4.78, 5) is 109. The lowest BCUT2D eigenvalue weighted by molar-refractivity contribution is -0.346. The van der Waals surface area contributed by atoms with Gasteiger partial charge < -0.3 is 89.8 Å². The zero-order valence-electron chi connectivity index (χ0n) is 54.9. The van der Waals surface area contributed by atoms with Gasteiger partial charge in [-0.05, 0) is 83.4 Å². The number of ether oxygens (including phenoxy) is 8. The Morgan fingerprint density at radius 1 is 0.802 bits per heavy atom. The van der Waals surface area contributed by atoms with E-state index in [0.29, 0.717) is 5.56 Å². The van der Waals surface area contributed by atoms with Crippen LogP contribution in [0, 0.1) is 16.7 Å². The normalized spacial score (nSPS) is 32.4. The van der Waals surface area contributed by atoms with Crippen molar-refractivity contribution in [3.63, 3.8) is 0 Å². The molecular weight excluding hydrogens is 1250 g/mol. The number of carbonyl (C=O) groups is 8. The molecule has 0 radical (unpaired) electrons. The molecule has 4 fully saturated rings. The number of rotatable bonds is 12. The second kappa shape index (κ2) is 25.8. The van der Waals surface area contributed by atoms with Crippen molar-refractivity contribution in [2.45, 2.75) is 197 Å². The van der Waals surface area contributed by atoms with Gasteiger partial charge in [-0.2, -0.15) is 0 Å². The van der Waals surface area contributed by atoms with E-state index in [0.717, 1.165) is 6.92 Å². The number of hydrogen-bond donors (Lipinski definition) is 10. The predicted octanol–water partition coefficient (Wildman–Crippen LogP) is 4.29. The van der Waals surface area contributed by atoms with Gasteiger partial charge in [-0.1, -0.05) is 74.5 Å². The van der Waals surface area contributed by atoms with Gasteiger partial charge in [-0.15, -0.1) is 0 Å². The number of nitrogens with one attached hydrogen (secondary N) is 1. The molecule has 26 heteroatoms. The molecule has 2 saturated carbocycles. The minimum absolute atomic E-state index is 0.0147. The maximum absolute atomic E-state index is 14.9. The van der Waals surface area contributed by atoms with Crippen LogP contribution < -0.4 is 15.8 Å². The Morgan fingerprint density at radius 3 is 2.02 bits per heavy atom. The second-order valence-electron chi connectivity index (χ2n) is 27.7. The Morgan fingerprint density at radius 2 is 1.44 bits per heavy atom. The highest BCUT2D eigenvalue weighted by Gasteiger charge is 2.78. The summed E-state index contributed by atoms with van der Waals surface area (Å²) < 4.78 is 46.6. The van der Waals surface area contributed by atoms with Gasteiger partial charge in [0, 0.05) is 67.2 Å². The van der Waals surface area contributed by atoms with E-state index < -0.39 is 195 Å². The number of carbonyl (C=O) groups excluding carboxylic acids is 8. The topological polar surface area (TPSA) is 410 Å². The first-order valence-corrected chi connectivity index (χ1v) is 31.6. The molecule has 7 aliphatic rings. The summed E-state index contributed by atoms with van der Waals surface area (Å²) in [7, 11) is 1.34. The van der Waals surface area contributed by atoms with Crippen molar-refractivity contribution in [3.8, 4) is 17.2 Å². The molecule has 11 N–H and O–H groups in total. The zero-order valence-corrected chi connectivity index (χ0v) is 54.9. The molecule has 2 heterocycles. The molecule has 2 aliphatic heterocycles. The first-order chi connectivity index (χ1) is 44.9. The van der Waals surface area contributed by atoms with Gasteiger partial charge in [0.1, 0.15) is 58.5 Å². The van der Waals surface area contributed by atoms with Crippen molar-refractivity contribution in [1.82, 2.24) is 5.32 Å². The van der Waals surface area contributed by atoms with Crippen molar-refractivity contribution in [2.24, 2.45) is 22.5 Å². The molecule has 17 atom stereocenters. The highest BCUT2D eigenvalue weighted by atomic mass is 16.7. The molecule has 11 rings (SSSR count). The van der Waals surface area contributed by atoms with Crippen LogP contribution >= 0.6 is 0 Å². The number of aliphatic hydroxyl groups is 6. The number of alkyl carbamates (subject to hydrolysis) is 1. The van der Waals surface area contributed by atoms with Gasteiger partial charge in [-0.25, -0.2) is 14.4 Å². The lowest BCUT2D eigenvalue weighted by Crippen LogP contribution is -2.81. The minimum atomic E-state index is -2.35. The van der Waals surface area contributed by atoms with Crippen molar-refractivity contribution in [3.05, 3.63) is 135 Å². The van der Waals surface area contributed by atoms with Gasteiger partial charge in [-0.3, -0.25) is 24.0 Å². The number of benzene rings is 4. The Kier molecular flexibility index (Phi) is 19.0. The van der Waals surface area contributed by atoms with Crippen LogP contribution in [0.5, 0.6) is 17.2 Å². The van der Waals surface area contributed by atoms with Crippen LogP contribution in [0.2, 0.25) is 0 Å². The smallest absolute Gasteiger partial charge is 0.408 e. The quantitative estimate of drug-likeness (QED) is 0.0360. The number of aromatic hydroxyl groups is 2. The molecule has 26 nitrogen and oxygen atoms in total. The summed E-state index contributed by atoms with van der Waals surface area (Å²) >= 11 is 0. The Labute approximate surface area is 552 Å². The van der Waals surface area contributed by atoms with Crippen LogP contribution in [0.1, 0.15) is 166 Å². The number of ketones is 4. The second-order valence-corrected chi connectivity index (χ2v) is 27.7. The van der Waals surface area contributed by atoms with Gasteiger partial charge >= 0.3 is 24.0 Å². The number of methoxy groups -OCH3 is 1. The average molecular weight is 1340 g/mol. The molecule has 4 aromatic rings. The SMILES string of the molecule is CC(=O)O[C@@]12CO[C@@H]1C[C@H](O)[C@@]1(C)C(=O)[C@H](O)C3=C(C)[C@@H](OC(=O)C(O)[C@@H](NC(=O)OC(C)(C)C)c4ccccc4)C[C@@](O)([C@@H](OC(=O)c4ccccc4)[C@H]21)C3(C)C.COc1cccc2c1C(=O)c1c(O)c3c(c(O)c1C2=O)C[C@@](O)(C(C)=O)C[C@@H]3O[C@H]1C[C@H](N)[C@H](O)[C@H](C)O1. The summed E-state index contributed by atoms with van der Waals surface area (Å²) in [5.41, 5.74) is -5.16. The van der Waals surface area contributed by atoms with E-state index >= 15 is 0 Å². The molecule has 96 heavy (non-hydrogen) atoms. The van der Waals surface area contributed by atoms with Crippen LogP contribution in [0.15, 0.2) is 90.0 Å². The third-order valence-corrected chi connectivity index (χ3v) is 20.4. The standard InChI is InChI=1S/C43H53NO14.C27H29NO10/c1-22-26(55-37(51)32(48)30(24-15-11-9-12-16-24)44-38(52)58-39(3,4)5)20-43(53)35(56-36(50)25-17-13-10-14-18-25)33-41(8,34(49)31(47)29(22)40(43,6)7)27(46)19-28-42(33,21-54-28)57-23(2)45;1-10-22(30)14(28)7-17(37-10)38-16-9-27(35,11(2)29)8-13-19(16)26(34)21-20(24(13)32)23(31)12-5-4-6-15(36-3)18(12)25(21)33/h9-18,26-28,30-33,35,46-48,53H,19-21H2,1-8H3,(H,44,52);4-6,10,14,16-17,22,30,32,34-35H,7-9,28H2,1-3H3/t26-,27-,28+,30-,31+,32?,33-,35-,41+,42-,43+;10-,14-,16-,17-,22+,27-/m00/s1. The first-order valence-electron chi connectivity index (χ1n) is 31.6. The van der Waals surface area contributed by atoms with Crippen LogP contribution in [-0.4, -0.2) is 185 Å². The van der Waals surface area contributed by atoms with E-state index in [1.54, 1.807) is 90.1 Å². The van der Waals surface area contributed by atoms with E-state index in [-0.39, 0.29) is 70.6 Å². The van der Waals surface area contributed by atoms with E-state index in [2.05, 4.69) is 5.32 Å². The first kappa shape index (κ1) is 70.8. The van der Waals surface area contributed by atoms with Gasteiger partial charge in [0.05, 0.1) is 77.8 Å². The van der Waals surface area contributed by atoms with E-state index in [4.69, 9.17) is 43.6 Å². The van der Waals surface area contributed by atoms with E-state index in [9.17, 15) is 79.2 Å². The largest absolute Gasteiger partial charge is 0.507 e. The van der Waals surface area contributed by atoms with Crippen LogP contribution in [0.3, 0.4) is 0 Å². The highest BCUT2D eigenvalue weighted by Crippen LogP contribution is 2.64. The van der Waals surface area contributed by atoms with E-state index in [1.807, 2.05) is 0 Å². The predicted molar refractivity (Wildman–Crippen MR) is 334 cm³/mol. The molecule has 5 aliphatic carbocycles. The fraction of sp³-hybridized carbons (Fsp3) is 0.514. The number of hydrogen-bond acceptors (Lipinski definition) is 25. The van der Waals surface area contributed by atoms with E-state index in [1.165, 1.54) is 58.2 Å². The number of phenolic OH excluding ortho intramolecular Hbond substituents is 2. The fourth-order valence-electron chi connectivity index (χ4n) is 15.2. The average Bonchev–Trinajstić information content (AvgIpc) is 0.672. The number of esters is 3. The monoisotopic (exact) mass is 1330 g/mol. The number of nitrogens with two attached hydrogens (primary N) is 1. The van der Waals surface area contributed by atoms with Gasteiger partial charge in [0.25, 0.3) is 0 Å². The summed E-state index contributed by atoms with van der Waals surface area (Å²) in [6.07, 6.45) is -16.0. The summed E-state index contributed by atoms with van der Waals surface area (Å²) in [6.45, 7) is 14.6. The Balaban J connectivity index is 0.000000227. The molecule has 2 saturated heterocycles. The van der Waals surface area contributed by atoms with Crippen LogP contribution in [-0.2, 0) is 58.8 Å². The zero-order chi connectivity index (χ0) is 70.4. The van der Waals surface area contributed by atoms with Gasteiger partial charge in [0.15, 0.2) is 35.3 Å². The minimum Gasteiger partial charge on any atom is -0.507 e. The molecular formula is C70H82N2O24. The lowest BCUT2D eigenvalue weighted by Gasteiger charge is -2.67. The van der Waals surface area contributed by atoms with Crippen LogP contribution in [0.25, 0.3) is 0 Å². The lowest BCUT2D eigenvalue weighted by atomic mass is 9.44. The number of Topliss-reactive ketones (excluding diaryl/α,β-unsaturated/α-hetero) is 2. The van der Waals surface area contributed by atoms with Crippen molar-refractivity contribution in [1.29, 1.82) is 0 Å². The molecule has 4 aromatic carbocycles. The molecule has 1 unspecified atom stereocenters. The number of amides is 1. The molecule has 1 amide bonds. The number of aliphatic hydroxyl groups excluding tert-OH is 4. The van der Waals surface area contributed by atoms with Crippen molar-refractivity contribution in [2.75, 3.05) is 13.7 Å². The van der Waals surface area contributed by atoms with Crippen LogP contribution in [0.4, 0.5) is 4.79 Å². The third-order valence-electron chi connectivity index (χ3n) is 20.4. The summed E-state index contributed by atoms with van der Waals surface area (Å²) in [6, 6.07) is 18.4. The Bertz CT molecular complexity index is 3820. The number of fused-ring (bicyclic) bond motifs is 8. The summed E-state index contributed by atoms with van der Waals surface area (Å²) in [5, 5.41) is 95.7. The Hall–Kier alpha value is -8.02. The maximum Gasteiger partial charge on any atom is 0.408 e. The number of phenols is 2. The molecule has 0 aromatic heterocycles.